The van der Waals surface area contributed by atoms with Crippen molar-refractivity contribution < 1.29 is 4.79 Å². The molecule has 0 bridgehead atoms. The Kier molecular flexibility index (Phi) is 2.30. The van der Waals surface area contributed by atoms with E-state index in [0.717, 1.165) is 10.2 Å². The molecule has 0 amide bonds. The van der Waals surface area contributed by atoms with E-state index >= 15 is 0 Å². The molecule has 0 aromatic heterocycles. The van der Waals surface area contributed by atoms with Crippen molar-refractivity contribution in [2.75, 3.05) is 11.9 Å². The fraction of sp³-hybridized carbons (Fsp3) is 0.222. The Morgan fingerprint density at radius 1 is 1.46 bits per heavy atom. The van der Waals surface area contributed by atoms with E-state index in [9.17, 15) is 4.79 Å². The predicted octanol–water partition coefficient (Wildman–Crippen LogP) is 3.10. The highest BCUT2D eigenvalue weighted by molar-refractivity contribution is 9.10. The zero-order valence-corrected chi connectivity index (χ0v) is 9.08. The molecule has 2 rings (SSSR count). The summed E-state index contributed by atoms with van der Waals surface area (Å²) in [6.45, 7) is 0.669. The lowest BCUT2D eigenvalue weighted by atomic mass is 10.0. The van der Waals surface area contributed by atoms with Crippen LogP contribution in [0.15, 0.2) is 16.6 Å². The minimum atomic E-state index is 0.142. The molecule has 2 nitrogen and oxygen atoms in total. The molecule has 0 unspecified atom stereocenters. The van der Waals surface area contributed by atoms with Gasteiger partial charge in [-0.15, -0.1) is 0 Å². The van der Waals surface area contributed by atoms with Gasteiger partial charge >= 0.3 is 0 Å². The lowest BCUT2D eigenvalue weighted by molar-refractivity contribution is 0.0983. The number of halogens is 2. The fourth-order valence-corrected chi connectivity index (χ4v) is 2.20. The number of ketones is 1. The van der Waals surface area contributed by atoms with Gasteiger partial charge in [-0.1, -0.05) is 11.6 Å². The van der Waals surface area contributed by atoms with Gasteiger partial charge in [-0.25, -0.2) is 0 Å². The van der Waals surface area contributed by atoms with E-state index < -0.39 is 0 Å². The highest BCUT2D eigenvalue weighted by atomic mass is 79.9. The maximum Gasteiger partial charge on any atom is 0.167 e. The molecule has 0 radical (unpaired) electrons. The summed E-state index contributed by atoms with van der Waals surface area (Å²) in [5, 5.41) is 3.72. The van der Waals surface area contributed by atoms with Gasteiger partial charge in [0.15, 0.2) is 5.78 Å². The summed E-state index contributed by atoms with van der Waals surface area (Å²) in [5.41, 5.74) is 1.44. The molecule has 1 aliphatic heterocycles. The number of nitrogens with one attached hydrogen (secondary N) is 1. The number of Topliss-reactive ketones (excluding diaryl/α,β-unsaturated/α-hetero) is 1. The average Bonchev–Trinajstić information content (AvgIpc) is 2.12. The van der Waals surface area contributed by atoms with E-state index in [0.29, 0.717) is 23.6 Å². The fourth-order valence-electron chi connectivity index (χ4n) is 1.42. The molecule has 1 aromatic rings. The van der Waals surface area contributed by atoms with Crippen molar-refractivity contribution in [3.63, 3.8) is 0 Å². The van der Waals surface area contributed by atoms with Gasteiger partial charge in [0.2, 0.25) is 0 Å². The molecule has 1 aromatic carbocycles. The van der Waals surface area contributed by atoms with Crippen LogP contribution in [0.2, 0.25) is 5.02 Å². The van der Waals surface area contributed by atoms with Crippen LogP contribution in [0.5, 0.6) is 0 Å². The maximum absolute atomic E-state index is 11.5. The first kappa shape index (κ1) is 9.03. The Bertz CT molecular complexity index is 378. The first-order chi connectivity index (χ1) is 6.20. The largest absolute Gasteiger partial charge is 0.383 e. The van der Waals surface area contributed by atoms with Crippen molar-refractivity contribution in [1.82, 2.24) is 0 Å². The number of carbonyl (C=O) groups excluding carboxylic acids is 1. The zero-order chi connectivity index (χ0) is 9.42. The Hall–Kier alpha value is -0.540. The minimum absolute atomic E-state index is 0.142. The Morgan fingerprint density at radius 3 is 2.92 bits per heavy atom. The van der Waals surface area contributed by atoms with Gasteiger partial charge in [-0.05, 0) is 28.1 Å². The van der Waals surface area contributed by atoms with Crippen molar-refractivity contribution in [3.8, 4) is 0 Å². The topological polar surface area (TPSA) is 29.1 Å². The van der Waals surface area contributed by atoms with Crippen LogP contribution in [-0.4, -0.2) is 12.3 Å². The van der Waals surface area contributed by atoms with Gasteiger partial charge in [0.05, 0.1) is 16.3 Å². The molecule has 68 valence electrons. The van der Waals surface area contributed by atoms with Gasteiger partial charge in [0.1, 0.15) is 0 Å². The predicted molar refractivity (Wildman–Crippen MR) is 56.6 cm³/mol. The third-order valence-electron chi connectivity index (χ3n) is 2.04. The first-order valence-electron chi connectivity index (χ1n) is 3.95. The Morgan fingerprint density at radius 2 is 2.23 bits per heavy atom. The summed E-state index contributed by atoms with van der Waals surface area (Å²) < 4.78 is 0.809. The number of benzene rings is 1. The van der Waals surface area contributed by atoms with Crippen LogP contribution in [0, 0.1) is 0 Å². The molecule has 1 heterocycles. The molecule has 0 saturated heterocycles. The Balaban J connectivity index is 2.67. The normalized spacial score (nSPS) is 15.1. The van der Waals surface area contributed by atoms with Crippen molar-refractivity contribution >= 4 is 39.0 Å². The smallest absolute Gasteiger partial charge is 0.167 e. The molecular formula is C9H7BrClNO. The minimum Gasteiger partial charge on any atom is -0.383 e. The molecule has 0 aliphatic carbocycles. The zero-order valence-electron chi connectivity index (χ0n) is 6.73. The average molecular weight is 261 g/mol. The summed E-state index contributed by atoms with van der Waals surface area (Å²) >= 11 is 9.28. The third-order valence-corrected chi connectivity index (χ3v) is 3.01. The summed E-state index contributed by atoms with van der Waals surface area (Å²) in [6, 6.07) is 3.57. The number of carbonyl (C=O) groups is 1. The van der Waals surface area contributed by atoms with Crippen LogP contribution in [0.25, 0.3) is 0 Å². The number of anilines is 1. The van der Waals surface area contributed by atoms with Crippen LogP contribution < -0.4 is 5.32 Å². The summed E-state index contributed by atoms with van der Waals surface area (Å²) in [5.74, 6) is 0.142. The second-order valence-electron chi connectivity index (χ2n) is 2.88. The van der Waals surface area contributed by atoms with Gasteiger partial charge in [-0.3, -0.25) is 4.79 Å². The molecule has 4 heteroatoms. The van der Waals surface area contributed by atoms with E-state index in [2.05, 4.69) is 21.2 Å². The van der Waals surface area contributed by atoms with Crippen molar-refractivity contribution in [1.29, 1.82) is 0 Å². The molecule has 1 aliphatic rings. The van der Waals surface area contributed by atoms with Crippen molar-refractivity contribution in [2.45, 2.75) is 6.42 Å². The number of hydrogen-bond donors (Lipinski definition) is 1. The highest BCUT2D eigenvalue weighted by Gasteiger charge is 2.21. The molecule has 0 fully saturated rings. The summed E-state index contributed by atoms with van der Waals surface area (Å²) in [4.78, 5) is 11.5. The van der Waals surface area contributed by atoms with Crippen LogP contribution in [0.1, 0.15) is 16.8 Å². The molecule has 0 saturated carbocycles. The first-order valence-corrected chi connectivity index (χ1v) is 5.12. The van der Waals surface area contributed by atoms with E-state index in [1.807, 2.05) is 0 Å². The lowest BCUT2D eigenvalue weighted by Crippen LogP contribution is -2.18. The molecular weight excluding hydrogens is 253 g/mol. The third kappa shape index (κ3) is 1.46. The van der Waals surface area contributed by atoms with Crippen LogP contribution in [0.4, 0.5) is 5.69 Å². The van der Waals surface area contributed by atoms with E-state index in [1.165, 1.54) is 0 Å². The lowest BCUT2D eigenvalue weighted by Gasteiger charge is -2.19. The van der Waals surface area contributed by atoms with Crippen LogP contribution in [0.3, 0.4) is 0 Å². The second kappa shape index (κ2) is 3.31. The SMILES string of the molecule is O=C1CCNc2c(Cl)ccc(Br)c21. The number of fused-ring (bicyclic) bond motifs is 1. The van der Waals surface area contributed by atoms with Crippen LogP contribution >= 0.6 is 27.5 Å². The van der Waals surface area contributed by atoms with Crippen LogP contribution in [-0.2, 0) is 0 Å². The van der Waals surface area contributed by atoms with E-state index in [-0.39, 0.29) is 5.78 Å². The summed E-state index contributed by atoms with van der Waals surface area (Å²) in [6.07, 6.45) is 0.534. The monoisotopic (exact) mass is 259 g/mol. The van der Waals surface area contributed by atoms with Gasteiger partial charge in [0.25, 0.3) is 0 Å². The number of rotatable bonds is 0. The Labute approximate surface area is 89.4 Å². The highest BCUT2D eigenvalue weighted by Crippen LogP contribution is 2.34. The van der Waals surface area contributed by atoms with Crippen molar-refractivity contribution in [2.24, 2.45) is 0 Å². The van der Waals surface area contributed by atoms with E-state index in [1.54, 1.807) is 12.1 Å². The quantitative estimate of drug-likeness (QED) is 0.776. The standard InChI is InChI=1S/C9H7BrClNO/c10-5-1-2-6(11)9-8(5)7(13)3-4-12-9/h1-2,12H,3-4H2. The van der Waals surface area contributed by atoms with Crippen molar-refractivity contribution in [3.05, 3.63) is 27.2 Å². The second-order valence-corrected chi connectivity index (χ2v) is 4.14. The molecule has 0 spiro atoms. The molecule has 1 N–H and O–H groups in total. The summed E-state index contributed by atoms with van der Waals surface area (Å²) in [7, 11) is 0. The maximum atomic E-state index is 11.5. The molecule has 13 heavy (non-hydrogen) atoms. The number of hydrogen-bond acceptors (Lipinski definition) is 2. The molecule has 0 atom stereocenters. The van der Waals surface area contributed by atoms with Gasteiger partial charge < -0.3 is 5.32 Å². The van der Waals surface area contributed by atoms with Gasteiger partial charge in [-0.2, -0.15) is 0 Å². The van der Waals surface area contributed by atoms with E-state index in [4.69, 9.17) is 11.6 Å². The van der Waals surface area contributed by atoms with Gasteiger partial charge in [0, 0.05) is 17.4 Å².